The van der Waals surface area contributed by atoms with Gasteiger partial charge >= 0.3 is 77.8 Å². The predicted octanol–water partition coefficient (Wildman–Crippen LogP) is 14.6. The van der Waals surface area contributed by atoms with Crippen LogP contribution in [0.5, 0.6) is 0 Å². The van der Waals surface area contributed by atoms with Gasteiger partial charge in [0.15, 0.2) is 60.1 Å². The van der Waals surface area contributed by atoms with E-state index in [9.17, 15) is 130 Å². The number of halogens is 18. The molecule has 4 aromatic heterocycles. The molecule has 6 aromatic rings. The zero-order chi connectivity index (χ0) is 78.8. The fourth-order valence-electron chi connectivity index (χ4n) is 7.51. The Kier molecular flexibility index (Phi) is 42.7. The number of hydrogen-bond donors (Lipinski definition) is 0. The van der Waals surface area contributed by atoms with Crippen molar-refractivity contribution >= 4 is 60.1 Å². The van der Waals surface area contributed by atoms with Gasteiger partial charge in [0.25, 0.3) is 0 Å². The van der Waals surface area contributed by atoms with Crippen LogP contribution in [0.4, 0.5) is 79.0 Å². The largest absolute Gasteiger partial charge is 1.00 e. The van der Waals surface area contributed by atoms with Crippen molar-refractivity contribution in [3.05, 3.63) is 168 Å². The van der Waals surface area contributed by atoms with Crippen molar-refractivity contribution in [2.75, 3.05) is 0 Å². The summed E-state index contributed by atoms with van der Waals surface area (Å²) in [4.78, 5) is 8.73. The number of alkyl halides is 18. The fraction of sp³-hybridized carbons (Fsp3) is 0.500. The minimum atomic E-state index is -6.72. The first-order valence-corrected chi connectivity index (χ1v) is 37.4. The summed E-state index contributed by atoms with van der Waals surface area (Å²) < 4.78 is 336. The minimum Gasteiger partial charge on any atom is -0.421 e. The summed E-state index contributed by atoms with van der Waals surface area (Å²) in [5.74, 6) is 0. The van der Waals surface area contributed by atoms with Crippen LogP contribution < -0.4 is 9.13 Å². The second-order valence-corrected chi connectivity index (χ2v) is 31.0. The molecule has 0 aliphatic rings. The number of aromatic nitrogens is 6. The molecule has 0 unspecified atom stereocenters. The Balaban J connectivity index is -0.00000117. The summed E-state index contributed by atoms with van der Waals surface area (Å²) in [6, 6.07) is 20.9. The summed E-state index contributed by atoms with van der Waals surface area (Å²) in [6.07, 6.45) is 31.7. The third-order valence-corrected chi connectivity index (χ3v) is 20.2. The molecule has 21 nitrogen and oxygen atoms in total. The molecule has 0 N–H and O–H groups in total. The van der Waals surface area contributed by atoms with Gasteiger partial charge in [0, 0.05) is 61.4 Å². The Morgan fingerprint density at radius 2 is 0.592 bits per heavy atom. The van der Waals surface area contributed by atoms with E-state index in [0.29, 0.717) is 0 Å². The zero-order valence-electron chi connectivity index (χ0n) is 55.5. The van der Waals surface area contributed by atoms with E-state index in [1.807, 2.05) is 36.7 Å². The van der Waals surface area contributed by atoms with Crippen LogP contribution in [0.1, 0.15) is 124 Å². The van der Waals surface area contributed by atoms with E-state index in [1.165, 1.54) is 96.1 Å². The number of aryl methyl sites for hydroxylation is 10. The normalized spacial score (nSPS) is 12.4. The van der Waals surface area contributed by atoms with E-state index >= 15 is 0 Å². The van der Waals surface area contributed by atoms with E-state index in [0.717, 1.165) is 49.7 Å². The molecule has 0 fully saturated rings. The van der Waals surface area contributed by atoms with Gasteiger partial charge in [0.2, 0.25) is 12.7 Å². The number of rotatable bonds is 20. The van der Waals surface area contributed by atoms with Crippen LogP contribution in [0.15, 0.2) is 97.8 Å². The molecule has 0 atom stereocenters. The Morgan fingerprint density at radius 3 is 0.767 bits per heavy atom. The predicted molar refractivity (Wildman–Crippen MR) is 333 cm³/mol. The summed E-state index contributed by atoms with van der Waals surface area (Å²) in [5.41, 5.74) is -24.8. The van der Waals surface area contributed by atoms with Crippen LogP contribution in [-0.2, 0) is 131 Å². The van der Waals surface area contributed by atoms with Crippen molar-refractivity contribution in [3.63, 3.8) is 0 Å². The molecule has 596 valence electrons. The van der Waals surface area contributed by atoms with Gasteiger partial charge in [-0.3, -0.25) is 9.97 Å². The fourth-order valence-corrected chi connectivity index (χ4v) is 12.6. The van der Waals surface area contributed by atoms with E-state index in [-0.39, 0.29) is 44.8 Å². The molecule has 6 rings (SSSR count). The molecule has 103 heavy (non-hydrogen) atoms. The van der Waals surface area contributed by atoms with Crippen molar-refractivity contribution < 1.29 is 183 Å². The molecule has 0 bridgehead atoms. The first-order valence-electron chi connectivity index (χ1n) is 28.8. The van der Waals surface area contributed by atoms with E-state index in [1.54, 1.807) is 0 Å². The maximum absolute atomic E-state index is 11.4. The molecule has 0 radical (unpaired) electrons. The summed E-state index contributed by atoms with van der Waals surface area (Å²) in [7, 11) is -40.3. The average Bonchev–Trinajstić information content (AvgIpc) is 1.61. The van der Waals surface area contributed by atoms with Gasteiger partial charge in [-0.15, -0.1) is 0 Å². The monoisotopic (exact) mass is 1990 g/mol. The summed E-state index contributed by atoms with van der Waals surface area (Å²) in [5, 5.41) is 0. The smallest absolute Gasteiger partial charge is 0.421 e. The molecular weight excluding hydrogens is 1920 g/mol. The summed E-state index contributed by atoms with van der Waals surface area (Å²) >= 11 is 0. The Morgan fingerprint density at radius 1 is 0.379 bits per heavy atom. The van der Waals surface area contributed by atoms with Crippen molar-refractivity contribution in [1.29, 1.82) is 0 Å². The van der Waals surface area contributed by atoms with Crippen LogP contribution in [0, 0.1) is 54.2 Å². The molecule has 0 saturated carbocycles. The second kappa shape index (κ2) is 43.1. The van der Waals surface area contributed by atoms with Gasteiger partial charge in [-0.05, 0) is 88.1 Å². The second-order valence-electron chi connectivity index (χ2n) is 20.7. The molecule has 0 amide bonds. The van der Waals surface area contributed by atoms with Crippen molar-refractivity contribution in [2.24, 2.45) is 0 Å². The first kappa shape index (κ1) is 102. The third kappa shape index (κ3) is 35.5. The van der Waals surface area contributed by atoms with Gasteiger partial charge in [-0.1, -0.05) is 127 Å². The summed E-state index contributed by atoms with van der Waals surface area (Å²) in [6.45, 7) is 23.6. The van der Waals surface area contributed by atoms with Crippen LogP contribution in [-0.4, -0.2) is 103 Å². The Labute approximate surface area is 617 Å². The maximum Gasteiger partial charge on any atom is 1.00 e. The van der Waals surface area contributed by atoms with Crippen LogP contribution in [0.25, 0.3) is 23.8 Å². The molecule has 0 saturated heterocycles. The molecular formula is C56H70Au2F18N9O12S6-. The van der Waals surface area contributed by atoms with Crippen LogP contribution >= 0.6 is 0 Å². The molecule has 0 spiro atoms. The standard InChI is InChI=1S/2C19H21N3.2C6H14.3C2F6NO4S2.2Au/c2*1-15-12-16(2)19(17(3)13-15)22-11-10-21(14-22)9-7-18-6-4-5-8-20-18;2*1-3-5-6-4-2;3*3-1(4,5)14(10,11)9-15(12,13)2(6,7)8;;/h2*4-6,8,10-13H,7,9H2,1-3H3;2*3-6H2,1-2H3;;;;;/q;;;;3*-1;2*+1. The number of unbranched alkanes of at least 4 members (excludes halogenated alkanes) is 6. The maximum atomic E-state index is 11.4. The van der Waals surface area contributed by atoms with Crippen LogP contribution in [0.3, 0.4) is 0 Å². The van der Waals surface area contributed by atoms with Gasteiger partial charge in [-0.25, -0.2) is 50.5 Å². The molecule has 2 aromatic carbocycles. The first-order chi connectivity index (χ1) is 45.7. The Hall–Kier alpha value is -5.04. The number of sulfonamides is 6. The number of imidazole rings is 2. The Bertz CT molecular complexity index is 3740. The number of nitrogens with zero attached hydrogens (tertiary/aromatic N) is 9. The van der Waals surface area contributed by atoms with Crippen molar-refractivity contribution in [1.82, 2.24) is 19.1 Å². The molecule has 4 heterocycles. The third-order valence-electron chi connectivity index (χ3n) is 11.9. The van der Waals surface area contributed by atoms with E-state index in [4.69, 9.17) is 0 Å². The van der Waals surface area contributed by atoms with Crippen molar-refractivity contribution in [2.45, 2.75) is 180 Å². The zero-order valence-corrected chi connectivity index (χ0v) is 64.7. The van der Waals surface area contributed by atoms with Gasteiger partial charge in [-0.2, -0.15) is 79.0 Å². The van der Waals surface area contributed by atoms with Crippen LogP contribution in [0.2, 0.25) is 0 Å². The number of pyridine rings is 2. The molecule has 0 aliphatic heterocycles. The topological polar surface area (TPSA) is 291 Å². The quantitative estimate of drug-likeness (QED) is 0.0226. The van der Waals surface area contributed by atoms with Crippen molar-refractivity contribution in [3.8, 4) is 11.4 Å². The SMILES string of the molecule is CCCCCC.CCCCCC.Cc1cc(C)c(-n2[c-][n+](CCc3ccccn3)cc2)c(C)c1.Cc1cc(C)c(-n2[c-][n+](CCc3ccccn3)cc2)c(C)c1.O=S(=O)([N-]S(=O)(=O)C(F)(F)F)C(F)(F)F.O=S(=O)([N-]S(=O)(=O)C(F)(F)F)C(F)(F)F.O=S(=O)([N-]S(=O)(=O)C(F)(F)F)C(F)(F)F.[Au+].[Au+]. The van der Waals surface area contributed by atoms with Gasteiger partial charge < -0.3 is 30.7 Å². The molecule has 0 aliphatic carbocycles. The number of benzene rings is 2. The van der Waals surface area contributed by atoms with E-state index in [2.05, 4.69) is 171 Å². The number of hydrogen-bond acceptors (Lipinski definition) is 14. The van der Waals surface area contributed by atoms with Gasteiger partial charge in [0.1, 0.15) is 0 Å². The average molecular weight is 1990 g/mol. The van der Waals surface area contributed by atoms with Gasteiger partial charge in [0.05, 0.1) is 24.5 Å². The minimum absolute atomic E-state index is 0. The molecule has 47 heteroatoms. The van der Waals surface area contributed by atoms with E-state index < -0.39 is 93.2 Å².